The molecule has 3 aliphatic rings. The first-order valence-electron chi connectivity index (χ1n) is 9.44. The van der Waals surface area contributed by atoms with Gasteiger partial charge in [0.2, 0.25) is 0 Å². The molecule has 3 fully saturated rings. The number of rotatable bonds is 3. The summed E-state index contributed by atoms with van der Waals surface area (Å²) < 4.78 is 39.7. The highest BCUT2D eigenvalue weighted by Crippen LogP contribution is 2.58. The fraction of sp³-hybridized carbons (Fsp3) is 0.526. The van der Waals surface area contributed by atoms with Crippen molar-refractivity contribution in [1.82, 2.24) is 25.0 Å². The maximum atomic E-state index is 13.2. The van der Waals surface area contributed by atoms with E-state index in [1.165, 1.54) is 6.33 Å². The second-order valence-electron chi connectivity index (χ2n) is 8.06. The summed E-state index contributed by atoms with van der Waals surface area (Å²) in [7, 11) is 0. The first kappa shape index (κ1) is 17.5. The Morgan fingerprint density at radius 2 is 1.64 bits per heavy atom. The monoisotopic (exact) mass is 391 g/mol. The van der Waals surface area contributed by atoms with Crippen LogP contribution in [0.2, 0.25) is 0 Å². The Morgan fingerprint density at radius 1 is 1.04 bits per heavy atom. The zero-order valence-electron chi connectivity index (χ0n) is 15.1. The lowest BCUT2D eigenvalue weighted by molar-refractivity contribution is -0.160. The molecular weight excluding hydrogens is 371 g/mol. The van der Waals surface area contributed by atoms with Gasteiger partial charge < -0.3 is 9.80 Å². The van der Waals surface area contributed by atoms with Gasteiger partial charge in [0, 0.05) is 32.1 Å². The number of aromatic nitrogens is 3. The van der Waals surface area contributed by atoms with Crippen LogP contribution in [0, 0.1) is 0 Å². The number of alkyl halides is 3. The number of halogens is 3. The van der Waals surface area contributed by atoms with E-state index in [4.69, 9.17) is 0 Å². The van der Waals surface area contributed by atoms with Gasteiger partial charge in [0.15, 0.2) is 0 Å². The molecule has 1 aromatic carbocycles. The number of likely N-dealkylation sites (tertiary alicyclic amines) is 2. The number of hydrogen-bond acceptors (Lipinski definition) is 3. The van der Waals surface area contributed by atoms with E-state index in [0.29, 0.717) is 31.7 Å². The molecule has 28 heavy (non-hydrogen) atoms. The molecule has 0 atom stereocenters. The van der Waals surface area contributed by atoms with Crippen molar-refractivity contribution < 1.29 is 18.0 Å². The summed E-state index contributed by atoms with van der Waals surface area (Å²) in [6.45, 7) is 2.46. The second kappa shape index (κ2) is 5.96. The fourth-order valence-corrected chi connectivity index (χ4v) is 4.20. The summed E-state index contributed by atoms with van der Waals surface area (Å²) in [6, 6.07) is 6.81. The van der Waals surface area contributed by atoms with E-state index in [9.17, 15) is 18.0 Å². The summed E-state index contributed by atoms with van der Waals surface area (Å²) in [5, 5.41) is 6.66. The minimum atomic E-state index is -4.19. The summed E-state index contributed by atoms with van der Waals surface area (Å²) >= 11 is 0. The van der Waals surface area contributed by atoms with Gasteiger partial charge in [0.1, 0.15) is 12.2 Å². The molecule has 0 bridgehead atoms. The molecular formula is C19H20F3N5O. The van der Waals surface area contributed by atoms with Crippen LogP contribution >= 0.6 is 0 Å². The van der Waals surface area contributed by atoms with Crippen LogP contribution in [-0.2, 0) is 5.41 Å². The average Bonchev–Trinajstić information content (AvgIpc) is 3.24. The molecule has 9 heteroatoms. The van der Waals surface area contributed by atoms with Crippen molar-refractivity contribution >= 4 is 6.03 Å². The van der Waals surface area contributed by atoms with Gasteiger partial charge in [-0.1, -0.05) is 24.3 Å². The molecule has 1 N–H and O–H groups in total. The Morgan fingerprint density at radius 3 is 2.14 bits per heavy atom. The molecule has 2 aliphatic heterocycles. The Bertz CT molecular complexity index is 864. The highest BCUT2D eigenvalue weighted by molar-refractivity contribution is 5.76. The van der Waals surface area contributed by atoms with E-state index in [1.807, 2.05) is 0 Å². The number of urea groups is 1. The van der Waals surface area contributed by atoms with Crippen LogP contribution in [-0.4, -0.2) is 63.4 Å². The van der Waals surface area contributed by atoms with Crippen LogP contribution in [0.3, 0.4) is 0 Å². The smallest absolute Gasteiger partial charge is 0.323 e. The lowest BCUT2D eigenvalue weighted by Crippen LogP contribution is -2.59. The highest BCUT2D eigenvalue weighted by Gasteiger charge is 2.64. The van der Waals surface area contributed by atoms with E-state index >= 15 is 0 Å². The van der Waals surface area contributed by atoms with E-state index < -0.39 is 11.6 Å². The van der Waals surface area contributed by atoms with Gasteiger partial charge in [-0.25, -0.2) is 9.78 Å². The molecule has 0 spiro atoms. The quantitative estimate of drug-likeness (QED) is 0.875. The molecule has 1 saturated carbocycles. The zero-order chi connectivity index (χ0) is 19.5. The predicted molar refractivity (Wildman–Crippen MR) is 93.8 cm³/mol. The van der Waals surface area contributed by atoms with E-state index in [1.54, 1.807) is 34.1 Å². The van der Waals surface area contributed by atoms with Gasteiger partial charge in [0.05, 0.1) is 11.3 Å². The molecule has 0 radical (unpaired) electrons. The van der Waals surface area contributed by atoms with Crippen LogP contribution < -0.4 is 0 Å². The van der Waals surface area contributed by atoms with Crippen molar-refractivity contribution in [2.75, 3.05) is 26.2 Å². The predicted octanol–water partition coefficient (Wildman–Crippen LogP) is 3.02. The minimum absolute atomic E-state index is 0.0117. The zero-order valence-corrected chi connectivity index (χ0v) is 15.1. The number of nitrogens with one attached hydrogen (secondary N) is 1. The normalized spacial score (nSPS) is 22.0. The molecule has 3 heterocycles. The third kappa shape index (κ3) is 2.67. The molecule has 6 nitrogen and oxygen atoms in total. The first-order chi connectivity index (χ1) is 13.4. The summed E-state index contributed by atoms with van der Waals surface area (Å²) in [5.41, 5.74) is -0.283. The van der Waals surface area contributed by atoms with Crippen molar-refractivity contribution in [2.24, 2.45) is 0 Å². The Balaban J connectivity index is 1.15. The van der Waals surface area contributed by atoms with E-state index in [2.05, 4.69) is 15.2 Å². The number of carbonyl (C=O) groups excluding carboxylic acids is 1. The number of amides is 2. The van der Waals surface area contributed by atoms with Gasteiger partial charge in [-0.3, -0.25) is 5.10 Å². The van der Waals surface area contributed by atoms with Crippen molar-refractivity contribution in [1.29, 1.82) is 0 Å². The molecule has 5 rings (SSSR count). The van der Waals surface area contributed by atoms with E-state index in [-0.39, 0.29) is 30.7 Å². The number of benzene rings is 1. The van der Waals surface area contributed by atoms with Crippen LogP contribution in [0.1, 0.15) is 41.6 Å². The Hall–Kier alpha value is -2.58. The summed E-state index contributed by atoms with van der Waals surface area (Å²) in [5.74, 6) is 1.20. The number of hydrogen-bond donors (Lipinski definition) is 1. The van der Waals surface area contributed by atoms with Gasteiger partial charge >= 0.3 is 12.2 Å². The molecule has 1 aromatic heterocycles. The molecule has 2 aromatic rings. The molecule has 148 valence electrons. The van der Waals surface area contributed by atoms with Crippen molar-refractivity contribution in [2.45, 2.75) is 36.3 Å². The second-order valence-corrected chi connectivity index (χ2v) is 8.06. The number of carbonyl (C=O) groups is 1. The Kier molecular flexibility index (Phi) is 3.73. The number of nitrogens with zero attached hydrogens (tertiary/aromatic N) is 4. The van der Waals surface area contributed by atoms with Crippen LogP contribution in [0.4, 0.5) is 18.0 Å². The SMILES string of the molecule is O=C(N1CC(c2ccc(C3(C(F)(F)F)CC3)cc2)C1)N1CC(c2ncn[nH]2)C1. The summed E-state index contributed by atoms with van der Waals surface area (Å²) in [6.07, 6.45) is -2.38. The lowest BCUT2D eigenvalue weighted by atomic mass is 9.88. The fourth-order valence-electron chi connectivity index (χ4n) is 4.20. The lowest BCUT2D eigenvalue weighted by Gasteiger charge is -2.46. The van der Waals surface area contributed by atoms with Gasteiger partial charge in [0.25, 0.3) is 0 Å². The summed E-state index contributed by atoms with van der Waals surface area (Å²) in [4.78, 5) is 20.2. The molecule has 1 aliphatic carbocycles. The topological polar surface area (TPSA) is 65.1 Å². The number of H-pyrrole nitrogens is 1. The van der Waals surface area contributed by atoms with Crippen LogP contribution in [0.5, 0.6) is 0 Å². The molecule has 0 unspecified atom stereocenters. The number of aromatic amines is 1. The molecule has 2 saturated heterocycles. The Labute approximate surface area is 159 Å². The third-order valence-corrected chi connectivity index (χ3v) is 6.35. The van der Waals surface area contributed by atoms with E-state index in [0.717, 1.165) is 11.4 Å². The van der Waals surface area contributed by atoms with Crippen molar-refractivity contribution in [3.05, 3.63) is 47.5 Å². The van der Waals surface area contributed by atoms with Gasteiger partial charge in [-0.2, -0.15) is 18.3 Å². The first-order valence-corrected chi connectivity index (χ1v) is 9.44. The minimum Gasteiger partial charge on any atom is -0.323 e. The maximum Gasteiger partial charge on any atom is 0.398 e. The van der Waals surface area contributed by atoms with Gasteiger partial charge in [-0.05, 0) is 24.0 Å². The standard InChI is InChI=1S/C19H20F3N5O/c20-19(21,22)18(5-6-18)15-3-1-12(2-4-15)13-7-26(8-13)17(28)27-9-14(10-27)16-23-11-24-25-16/h1-4,11,13-14H,5-10H2,(H,23,24,25). The molecule has 2 amide bonds. The van der Waals surface area contributed by atoms with Crippen molar-refractivity contribution in [3.8, 4) is 0 Å². The third-order valence-electron chi connectivity index (χ3n) is 6.35. The van der Waals surface area contributed by atoms with Gasteiger partial charge in [-0.15, -0.1) is 0 Å². The largest absolute Gasteiger partial charge is 0.398 e. The van der Waals surface area contributed by atoms with Crippen LogP contribution in [0.15, 0.2) is 30.6 Å². The van der Waals surface area contributed by atoms with Crippen LogP contribution in [0.25, 0.3) is 0 Å². The average molecular weight is 391 g/mol. The van der Waals surface area contributed by atoms with Crippen molar-refractivity contribution in [3.63, 3.8) is 0 Å². The highest BCUT2D eigenvalue weighted by atomic mass is 19.4. The maximum absolute atomic E-state index is 13.2.